The maximum absolute atomic E-state index is 12.2. The van der Waals surface area contributed by atoms with Crippen LogP contribution < -0.4 is 10.1 Å². The van der Waals surface area contributed by atoms with Crippen LogP contribution in [0.15, 0.2) is 18.2 Å². The molecule has 2 rings (SSSR count). The van der Waals surface area contributed by atoms with Crippen molar-refractivity contribution in [3.63, 3.8) is 0 Å². The third kappa shape index (κ3) is 2.71. The predicted molar refractivity (Wildman–Crippen MR) is 74.0 cm³/mol. The molecule has 0 bridgehead atoms. The zero-order valence-electron chi connectivity index (χ0n) is 10.9. The number of halogens is 1. The van der Waals surface area contributed by atoms with E-state index < -0.39 is 0 Å². The second-order valence-corrected chi connectivity index (χ2v) is 4.52. The fourth-order valence-corrected chi connectivity index (χ4v) is 2.01. The number of H-pyrrole nitrogens is 1. The Balaban J connectivity index is 2.24. The monoisotopic (exact) mass is 279 g/mol. The fourth-order valence-electron chi connectivity index (χ4n) is 1.82. The molecule has 0 spiro atoms. The molecule has 0 unspecified atom stereocenters. The first-order valence-corrected chi connectivity index (χ1v) is 6.07. The van der Waals surface area contributed by atoms with Crippen molar-refractivity contribution in [3.05, 3.63) is 40.2 Å². The molecule has 19 heavy (non-hydrogen) atoms. The van der Waals surface area contributed by atoms with Crippen LogP contribution >= 0.6 is 11.6 Å². The van der Waals surface area contributed by atoms with E-state index in [9.17, 15) is 4.79 Å². The van der Waals surface area contributed by atoms with Crippen LogP contribution in [0.25, 0.3) is 0 Å². The Labute approximate surface area is 115 Å². The minimum Gasteiger partial charge on any atom is -0.495 e. The van der Waals surface area contributed by atoms with Crippen molar-refractivity contribution < 1.29 is 9.53 Å². The number of rotatable bonds is 3. The lowest BCUT2D eigenvalue weighted by Gasteiger charge is -2.08. The Morgan fingerprint density at radius 1 is 1.42 bits per heavy atom. The van der Waals surface area contributed by atoms with Gasteiger partial charge in [0.15, 0.2) is 0 Å². The zero-order valence-corrected chi connectivity index (χ0v) is 11.6. The fraction of sp³-hybridized carbons (Fsp3) is 0.231. The summed E-state index contributed by atoms with van der Waals surface area (Å²) in [4.78, 5) is 12.2. The van der Waals surface area contributed by atoms with Crippen LogP contribution in [0.4, 0.5) is 5.69 Å². The minimum absolute atomic E-state index is 0.215. The van der Waals surface area contributed by atoms with Crippen molar-refractivity contribution in [3.8, 4) is 5.75 Å². The summed E-state index contributed by atoms with van der Waals surface area (Å²) in [5.41, 5.74) is 2.56. The highest BCUT2D eigenvalue weighted by molar-refractivity contribution is 6.32. The van der Waals surface area contributed by atoms with Gasteiger partial charge in [-0.2, -0.15) is 5.10 Å². The summed E-state index contributed by atoms with van der Waals surface area (Å²) >= 11 is 5.93. The van der Waals surface area contributed by atoms with Gasteiger partial charge in [0.25, 0.3) is 5.91 Å². The number of aryl methyl sites for hydroxylation is 2. The van der Waals surface area contributed by atoms with Gasteiger partial charge in [-0.15, -0.1) is 0 Å². The molecule has 0 saturated heterocycles. The Morgan fingerprint density at radius 3 is 2.74 bits per heavy atom. The molecule has 0 aliphatic heterocycles. The highest BCUT2D eigenvalue weighted by Crippen LogP contribution is 2.27. The maximum atomic E-state index is 12.2. The summed E-state index contributed by atoms with van der Waals surface area (Å²) in [6.07, 6.45) is 0. The number of anilines is 1. The first kappa shape index (κ1) is 13.4. The number of carbonyl (C=O) groups excluding carboxylic acids is 1. The number of nitrogens with zero attached hydrogens (tertiary/aromatic N) is 1. The molecule has 1 aromatic heterocycles. The average Bonchev–Trinajstić information content (AvgIpc) is 2.71. The van der Waals surface area contributed by atoms with Gasteiger partial charge in [-0.25, -0.2) is 0 Å². The van der Waals surface area contributed by atoms with Gasteiger partial charge >= 0.3 is 0 Å². The number of benzene rings is 1. The Hall–Kier alpha value is -2.01. The standard InChI is InChI=1S/C13H14ClN3O2/c1-7-12(8(2)17-16-7)13(18)15-9-4-5-10(14)11(6-9)19-3/h4-6H,1-3H3,(H,15,18)(H,16,17). The predicted octanol–water partition coefficient (Wildman–Crippen LogP) is 2.94. The molecule has 0 aliphatic rings. The Kier molecular flexibility index (Phi) is 3.76. The number of hydrogen-bond donors (Lipinski definition) is 2. The molecule has 1 amide bonds. The molecule has 0 saturated carbocycles. The van der Waals surface area contributed by atoms with Crippen LogP contribution in [-0.2, 0) is 0 Å². The van der Waals surface area contributed by atoms with E-state index in [1.807, 2.05) is 0 Å². The summed E-state index contributed by atoms with van der Waals surface area (Å²) in [5, 5.41) is 10.1. The summed E-state index contributed by atoms with van der Waals surface area (Å²) in [6, 6.07) is 5.06. The summed E-state index contributed by atoms with van der Waals surface area (Å²) < 4.78 is 5.10. The average molecular weight is 280 g/mol. The molecule has 0 fully saturated rings. The molecule has 2 aromatic rings. The van der Waals surface area contributed by atoms with E-state index in [0.717, 1.165) is 5.69 Å². The van der Waals surface area contributed by atoms with E-state index in [1.165, 1.54) is 7.11 Å². The molecule has 0 radical (unpaired) electrons. The minimum atomic E-state index is -0.215. The van der Waals surface area contributed by atoms with Gasteiger partial charge in [0.05, 0.1) is 23.4 Å². The molecule has 0 aliphatic carbocycles. The normalized spacial score (nSPS) is 10.3. The molecular formula is C13H14ClN3O2. The van der Waals surface area contributed by atoms with Crippen LogP contribution in [0, 0.1) is 13.8 Å². The van der Waals surface area contributed by atoms with Crippen LogP contribution in [0.3, 0.4) is 0 Å². The lowest BCUT2D eigenvalue weighted by Crippen LogP contribution is -2.13. The molecule has 100 valence electrons. The van der Waals surface area contributed by atoms with Gasteiger partial charge in [-0.3, -0.25) is 9.89 Å². The van der Waals surface area contributed by atoms with Gasteiger partial charge < -0.3 is 10.1 Å². The number of aromatic nitrogens is 2. The summed E-state index contributed by atoms with van der Waals surface area (Å²) in [6.45, 7) is 3.58. The van der Waals surface area contributed by atoms with E-state index >= 15 is 0 Å². The van der Waals surface area contributed by atoms with E-state index in [-0.39, 0.29) is 5.91 Å². The van der Waals surface area contributed by atoms with Crippen molar-refractivity contribution >= 4 is 23.2 Å². The molecule has 5 nitrogen and oxygen atoms in total. The Bertz CT molecular complexity index is 603. The number of ether oxygens (including phenoxy) is 1. The number of hydrogen-bond acceptors (Lipinski definition) is 3. The van der Waals surface area contributed by atoms with Gasteiger partial charge in [-0.05, 0) is 26.0 Å². The van der Waals surface area contributed by atoms with Gasteiger partial charge in [0, 0.05) is 17.4 Å². The molecule has 1 heterocycles. The SMILES string of the molecule is COc1cc(NC(=O)c2c(C)n[nH]c2C)ccc1Cl. The van der Waals surface area contributed by atoms with Crippen molar-refractivity contribution in [1.29, 1.82) is 0 Å². The molecule has 1 aromatic carbocycles. The van der Waals surface area contributed by atoms with Crippen molar-refractivity contribution in [2.24, 2.45) is 0 Å². The molecule has 6 heteroatoms. The molecular weight excluding hydrogens is 266 g/mol. The third-order valence-electron chi connectivity index (χ3n) is 2.76. The van der Waals surface area contributed by atoms with Gasteiger partial charge in [0.2, 0.25) is 0 Å². The van der Waals surface area contributed by atoms with Crippen molar-refractivity contribution in [2.45, 2.75) is 13.8 Å². The van der Waals surface area contributed by atoms with Gasteiger partial charge in [0.1, 0.15) is 5.75 Å². The topological polar surface area (TPSA) is 67.0 Å². The van der Waals surface area contributed by atoms with E-state index in [2.05, 4.69) is 15.5 Å². The Morgan fingerprint density at radius 2 is 2.16 bits per heavy atom. The lowest BCUT2D eigenvalue weighted by molar-refractivity contribution is 0.102. The third-order valence-corrected chi connectivity index (χ3v) is 3.08. The smallest absolute Gasteiger partial charge is 0.259 e. The quantitative estimate of drug-likeness (QED) is 0.908. The number of nitrogens with one attached hydrogen (secondary N) is 2. The van der Waals surface area contributed by atoms with Crippen LogP contribution in [0.5, 0.6) is 5.75 Å². The number of aromatic amines is 1. The van der Waals surface area contributed by atoms with E-state index in [0.29, 0.717) is 27.7 Å². The molecule has 0 atom stereocenters. The largest absolute Gasteiger partial charge is 0.495 e. The second kappa shape index (κ2) is 5.32. The lowest BCUT2D eigenvalue weighted by atomic mass is 10.2. The highest BCUT2D eigenvalue weighted by atomic mass is 35.5. The summed E-state index contributed by atoms with van der Waals surface area (Å²) in [7, 11) is 1.52. The van der Waals surface area contributed by atoms with Crippen molar-refractivity contribution in [2.75, 3.05) is 12.4 Å². The zero-order chi connectivity index (χ0) is 14.0. The molecule has 2 N–H and O–H groups in total. The first-order valence-electron chi connectivity index (χ1n) is 5.69. The second-order valence-electron chi connectivity index (χ2n) is 4.11. The van der Waals surface area contributed by atoms with Crippen LogP contribution in [0.1, 0.15) is 21.7 Å². The number of carbonyl (C=O) groups is 1. The first-order chi connectivity index (χ1) is 9.02. The highest BCUT2D eigenvalue weighted by Gasteiger charge is 2.15. The van der Waals surface area contributed by atoms with Gasteiger partial charge in [-0.1, -0.05) is 11.6 Å². The van der Waals surface area contributed by atoms with Crippen LogP contribution in [0.2, 0.25) is 5.02 Å². The number of methoxy groups -OCH3 is 1. The van der Waals surface area contributed by atoms with E-state index in [1.54, 1.807) is 32.0 Å². The van der Waals surface area contributed by atoms with E-state index in [4.69, 9.17) is 16.3 Å². The van der Waals surface area contributed by atoms with Crippen LogP contribution in [-0.4, -0.2) is 23.2 Å². The number of amides is 1. The maximum Gasteiger partial charge on any atom is 0.259 e. The summed E-state index contributed by atoms with van der Waals surface area (Å²) in [5.74, 6) is 0.299. The van der Waals surface area contributed by atoms with Crippen molar-refractivity contribution in [1.82, 2.24) is 10.2 Å².